The monoisotopic (exact) mass is 296 g/mol. The number of hydrogen-bond acceptors (Lipinski definition) is 3. The van der Waals surface area contributed by atoms with Gasteiger partial charge in [-0.3, -0.25) is 4.79 Å². The first-order valence-corrected chi connectivity index (χ1v) is 5.61. The van der Waals surface area contributed by atoms with Crippen LogP contribution in [0.15, 0.2) is 18.2 Å². The molecule has 1 aromatic carbocycles. The van der Waals surface area contributed by atoms with Crippen LogP contribution in [0.3, 0.4) is 0 Å². The number of nitrogens with two attached hydrogens (primary N) is 1. The standard InChI is InChI=1S/C11H12ClF3N2O2/c1-6(19-5-11(13,14)15)10(18)17-9-3-2-7(12)4-8(9)16/h2-4,6H,5,16H2,1H3,(H,17,18). The van der Waals surface area contributed by atoms with Crippen molar-refractivity contribution >= 4 is 28.9 Å². The van der Waals surface area contributed by atoms with Crippen molar-refractivity contribution in [2.75, 3.05) is 17.7 Å². The SMILES string of the molecule is CC(OCC(F)(F)F)C(=O)Nc1ccc(Cl)cc1N. The van der Waals surface area contributed by atoms with Crippen molar-refractivity contribution in [3.05, 3.63) is 23.2 Å². The summed E-state index contributed by atoms with van der Waals surface area (Å²) in [6.07, 6.45) is -5.73. The largest absolute Gasteiger partial charge is 0.411 e. The van der Waals surface area contributed by atoms with Crippen molar-refractivity contribution < 1.29 is 22.7 Å². The van der Waals surface area contributed by atoms with Crippen LogP contribution in [0.1, 0.15) is 6.92 Å². The van der Waals surface area contributed by atoms with Crippen LogP contribution in [0.2, 0.25) is 5.02 Å². The second-order valence-electron chi connectivity index (χ2n) is 3.79. The van der Waals surface area contributed by atoms with Gasteiger partial charge in [0, 0.05) is 5.02 Å². The van der Waals surface area contributed by atoms with Crippen molar-refractivity contribution in [3.63, 3.8) is 0 Å². The van der Waals surface area contributed by atoms with Gasteiger partial charge in [-0.25, -0.2) is 0 Å². The number of amides is 1. The van der Waals surface area contributed by atoms with Crippen molar-refractivity contribution in [2.24, 2.45) is 0 Å². The van der Waals surface area contributed by atoms with Crippen LogP contribution in [-0.2, 0) is 9.53 Å². The molecule has 0 bridgehead atoms. The smallest absolute Gasteiger partial charge is 0.397 e. The highest BCUT2D eigenvalue weighted by molar-refractivity contribution is 6.31. The predicted molar refractivity (Wildman–Crippen MR) is 66.0 cm³/mol. The van der Waals surface area contributed by atoms with Crippen molar-refractivity contribution in [1.29, 1.82) is 0 Å². The molecule has 106 valence electrons. The Morgan fingerprint density at radius 2 is 2.16 bits per heavy atom. The maximum Gasteiger partial charge on any atom is 0.411 e. The molecule has 8 heteroatoms. The lowest BCUT2D eigenvalue weighted by molar-refractivity contribution is -0.184. The van der Waals surface area contributed by atoms with E-state index >= 15 is 0 Å². The molecule has 0 heterocycles. The maximum absolute atomic E-state index is 11.9. The molecule has 1 unspecified atom stereocenters. The number of hydrogen-bond donors (Lipinski definition) is 2. The van der Waals surface area contributed by atoms with Gasteiger partial charge in [-0.05, 0) is 25.1 Å². The summed E-state index contributed by atoms with van der Waals surface area (Å²) in [5, 5.41) is 2.74. The fourth-order valence-electron chi connectivity index (χ4n) is 1.18. The van der Waals surface area contributed by atoms with Gasteiger partial charge in [0.15, 0.2) is 0 Å². The van der Waals surface area contributed by atoms with Crippen molar-refractivity contribution in [2.45, 2.75) is 19.2 Å². The molecule has 1 aromatic rings. The summed E-state index contributed by atoms with van der Waals surface area (Å²) in [6.45, 7) is -0.273. The average Bonchev–Trinajstić information content (AvgIpc) is 2.28. The van der Waals surface area contributed by atoms with Gasteiger partial charge in [0.05, 0.1) is 11.4 Å². The molecule has 0 aliphatic rings. The summed E-state index contributed by atoms with van der Waals surface area (Å²) in [4.78, 5) is 11.6. The summed E-state index contributed by atoms with van der Waals surface area (Å²) in [7, 11) is 0. The summed E-state index contributed by atoms with van der Waals surface area (Å²) >= 11 is 5.67. The Balaban J connectivity index is 2.59. The number of benzene rings is 1. The molecular formula is C11H12ClF3N2O2. The third kappa shape index (κ3) is 5.35. The molecule has 4 nitrogen and oxygen atoms in total. The van der Waals surface area contributed by atoms with E-state index < -0.39 is 24.8 Å². The van der Waals surface area contributed by atoms with E-state index in [1.54, 1.807) is 0 Å². The van der Waals surface area contributed by atoms with Gasteiger partial charge in [0.1, 0.15) is 12.7 Å². The van der Waals surface area contributed by atoms with Gasteiger partial charge in [0.2, 0.25) is 0 Å². The minimum Gasteiger partial charge on any atom is -0.397 e. The van der Waals surface area contributed by atoms with E-state index in [2.05, 4.69) is 10.1 Å². The van der Waals surface area contributed by atoms with Crippen molar-refractivity contribution in [1.82, 2.24) is 0 Å². The Bertz CT molecular complexity index is 466. The highest BCUT2D eigenvalue weighted by atomic mass is 35.5. The predicted octanol–water partition coefficient (Wildman–Crippen LogP) is 2.83. The van der Waals surface area contributed by atoms with Crippen LogP contribution < -0.4 is 11.1 Å². The highest BCUT2D eigenvalue weighted by Gasteiger charge is 2.30. The van der Waals surface area contributed by atoms with Crippen LogP contribution >= 0.6 is 11.6 Å². The number of rotatable bonds is 4. The van der Waals surface area contributed by atoms with Gasteiger partial charge in [0.25, 0.3) is 5.91 Å². The molecule has 0 saturated carbocycles. The number of nitrogen functional groups attached to an aromatic ring is 1. The summed E-state index contributed by atoms with van der Waals surface area (Å²) in [5.74, 6) is -0.724. The van der Waals surface area contributed by atoms with E-state index in [4.69, 9.17) is 17.3 Å². The molecule has 0 spiro atoms. The minimum absolute atomic E-state index is 0.212. The number of nitrogens with one attached hydrogen (secondary N) is 1. The van der Waals surface area contributed by atoms with E-state index in [0.29, 0.717) is 5.02 Å². The second kappa shape index (κ2) is 6.12. The Kier molecular flexibility index (Phi) is 5.02. The minimum atomic E-state index is -4.48. The van der Waals surface area contributed by atoms with E-state index in [9.17, 15) is 18.0 Å². The molecule has 1 atom stereocenters. The number of anilines is 2. The lowest BCUT2D eigenvalue weighted by Crippen LogP contribution is -2.31. The summed E-state index contributed by atoms with van der Waals surface area (Å²) in [5.41, 5.74) is 6.07. The first kappa shape index (κ1) is 15.6. The maximum atomic E-state index is 11.9. The topological polar surface area (TPSA) is 64.3 Å². The molecule has 19 heavy (non-hydrogen) atoms. The molecule has 1 rings (SSSR count). The van der Waals surface area contributed by atoms with Gasteiger partial charge >= 0.3 is 6.18 Å². The molecule has 0 aliphatic heterocycles. The van der Waals surface area contributed by atoms with Gasteiger partial charge < -0.3 is 15.8 Å². The molecule has 0 fully saturated rings. The first-order chi connectivity index (χ1) is 8.69. The van der Waals surface area contributed by atoms with Crippen molar-refractivity contribution in [3.8, 4) is 0 Å². The molecule has 0 saturated heterocycles. The Morgan fingerprint density at radius 1 is 1.53 bits per heavy atom. The van der Waals surface area contributed by atoms with E-state index in [0.717, 1.165) is 0 Å². The Hall–Kier alpha value is -1.47. The van der Waals surface area contributed by atoms with Gasteiger partial charge in [-0.2, -0.15) is 13.2 Å². The number of carbonyl (C=O) groups is 1. The number of alkyl halides is 3. The lowest BCUT2D eigenvalue weighted by Gasteiger charge is -2.15. The zero-order chi connectivity index (χ0) is 14.6. The number of halogens is 4. The molecule has 0 aromatic heterocycles. The summed E-state index contributed by atoms with van der Waals surface area (Å²) in [6, 6.07) is 4.36. The van der Waals surface area contributed by atoms with Crippen LogP contribution in [0, 0.1) is 0 Å². The zero-order valence-corrected chi connectivity index (χ0v) is 10.7. The normalized spacial score (nSPS) is 13.1. The van der Waals surface area contributed by atoms with Gasteiger partial charge in [-0.1, -0.05) is 11.6 Å². The lowest BCUT2D eigenvalue weighted by atomic mass is 10.2. The number of ether oxygens (including phenoxy) is 1. The molecule has 1 amide bonds. The van der Waals surface area contributed by atoms with E-state index in [1.807, 2.05) is 0 Å². The van der Waals surface area contributed by atoms with Gasteiger partial charge in [-0.15, -0.1) is 0 Å². The third-order valence-electron chi connectivity index (χ3n) is 2.14. The zero-order valence-electron chi connectivity index (χ0n) is 9.92. The second-order valence-corrected chi connectivity index (χ2v) is 4.23. The Morgan fingerprint density at radius 3 is 2.68 bits per heavy atom. The fraction of sp³-hybridized carbons (Fsp3) is 0.364. The highest BCUT2D eigenvalue weighted by Crippen LogP contribution is 2.23. The fourth-order valence-corrected chi connectivity index (χ4v) is 1.36. The average molecular weight is 297 g/mol. The first-order valence-electron chi connectivity index (χ1n) is 5.23. The molecule has 0 radical (unpaired) electrons. The molecule has 0 aliphatic carbocycles. The molecule has 3 N–H and O–H groups in total. The number of carbonyl (C=O) groups excluding carboxylic acids is 1. The van der Waals surface area contributed by atoms with E-state index in [-0.39, 0.29) is 11.4 Å². The van der Waals surface area contributed by atoms with Crippen LogP contribution in [0.25, 0.3) is 0 Å². The van der Waals surface area contributed by atoms with E-state index in [1.165, 1.54) is 25.1 Å². The van der Waals surface area contributed by atoms with Crippen LogP contribution in [0.4, 0.5) is 24.5 Å². The Labute approximate surface area is 112 Å². The third-order valence-corrected chi connectivity index (χ3v) is 2.37. The van der Waals surface area contributed by atoms with Crippen LogP contribution in [-0.4, -0.2) is 24.8 Å². The summed E-state index contributed by atoms with van der Waals surface area (Å²) < 4.78 is 40.2. The molecular weight excluding hydrogens is 285 g/mol. The quantitative estimate of drug-likeness (QED) is 0.840. The van der Waals surface area contributed by atoms with Crippen LogP contribution in [0.5, 0.6) is 0 Å².